The van der Waals surface area contributed by atoms with E-state index in [2.05, 4.69) is 0 Å². The lowest BCUT2D eigenvalue weighted by atomic mass is 10.4. The molecule has 0 atom stereocenters. The molecule has 3 N–H and O–H groups in total. The lowest BCUT2D eigenvalue weighted by molar-refractivity contribution is -0.120. The Morgan fingerprint density at radius 2 is 2.36 bits per heavy atom. The minimum atomic E-state index is -0.265. The first-order valence-corrected chi connectivity index (χ1v) is 5.09. The Balaban J connectivity index is 2.35. The summed E-state index contributed by atoms with van der Waals surface area (Å²) in [5.41, 5.74) is 2.04. The van der Waals surface area contributed by atoms with Crippen molar-refractivity contribution in [1.29, 1.82) is 0 Å². The Bertz CT molecular complexity index is 319. The van der Waals surface area contributed by atoms with Crippen molar-refractivity contribution < 1.29 is 9.18 Å². The number of carbonyl (C=O) groups is 1. The third kappa shape index (κ3) is 3.76. The zero-order chi connectivity index (χ0) is 10.4. The number of nitrogens with one attached hydrogen (secondary N) is 1. The summed E-state index contributed by atoms with van der Waals surface area (Å²) in [5.74, 6) is 5.02. The molecule has 5 heteroatoms. The first-order chi connectivity index (χ1) is 6.72. The average molecular weight is 214 g/mol. The van der Waals surface area contributed by atoms with Crippen LogP contribution in [0.1, 0.15) is 6.42 Å². The molecule has 1 aromatic carbocycles. The van der Waals surface area contributed by atoms with E-state index in [1.807, 2.05) is 5.43 Å². The highest BCUT2D eigenvalue weighted by Crippen LogP contribution is 2.18. The zero-order valence-corrected chi connectivity index (χ0v) is 8.31. The van der Waals surface area contributed by atoms with Crippen LogP contribution in [0.25, 0.3) is 0 Å². The van der Waals surface area contributed by atoms with Gasteiger partial charge < -0.3 is 0 Å². The minimum absolute atomic E-state index is 0.214. The highest BCUT2D eigenvalue weighted by atomic mass is 32.2. The molecule has 14 heavy (non-hydrogen) atoms. The highest BCUT2D eigenvalue weighted by molar-refractivity contribution is 7.99. The summed E-state index contributed by atoms with van der Waals surface area (Å²) in [7, 11) is 0. The molecule has 0 aromatic heterocycles. The molecular weight excluding hydrogens is 203 g/mol. The summed E-state index contributed by atoms with van der Waals surface area (Å²) in [6.07, 6.45) is 0.331. The summed E-state index contributed by atoms with van der Waals surface area (Å²) in [5, 5.41) is 0. The maximum atomic E-state index is 12.7. The van der Waals surface area contributed by atoms with Crippen molar-refractivity contribution in [2.75, 3.05) is 5.75 Å². The topological polar surface area (TPSA) is 55.1 Å². The molecule has 0 aliphatic heterocycles. The van der Waals surface area contributed by atoms with Gasteiger partial charge in [-0.2, -0.15) is 0 Å². The summed E-state index contributed by atoms with van der Waals surface area (Å²) >= 11 is 1.42. The van der Waals surface area contributed by atoms with Gasteiger partial charge in [-0.05, 0) is 18.2 Å². The van der Waals surface area contributed by atoms with E-state index in [9.17, 15) is 9.18 Å². The number of rotatable bonds is 4. The second-order valence-corrected chi connectivity index (χ2v) is 3.79. The van der Waals surface area contributed by atoms with E-state index in [-0.39, 0.29) is 11.7 Å². The number of hydrazine groups is 1. The van der Waals surface area contributed by atoms with E-state index >= 15 is 0 Å². The second kappa shape index (κ2) is 5.62. The third-order valence-electron chi connectivity index (χ3n) is 1.55. The van der Waals surface area contributed by atoms with Crippen LogP contribution in [0.15, 0.2) is 29.2 Å². The number of halogens is 1. The summed E-state index contributed by atoms with van der Waals surface area (Å²) in [6.45, 7) is 0. The van der Waals surface area contributed by atoms with Crippen molar-refractivity contribution in [3.05, 3.63) is 30.1 Å². The Morgan fingerprint density at radius 3 is 3.00 bits per heavy atom. The van der Waals surface area contributed by atoms with Gasteiger partial charge in [0.1, 0.15) is 5.82 Å². The summed E-state index contributed by atoms with van der Waals surface area (Å²) in [4.78, 5) is 11.6. The van der Waals surface area contributed by atoms with Crippen LogP contribution in [0.4, 0.5) is 4.39 Å². The second-order valence-electron chi connectivity index (χ2n) is 2.62. The molecule has 0 aliphatic carbocycles. The van der Waals surface area contributed by atoms with Crippen LogP contribution in [0.2, 0.25) is 0 Å². The van der Waals surface area contributed by atoms with Gasteiger partial charge in [0.2, 0.25) is 5.91 Å². The van der Waals surface area contributed by atoms with Gasteiger partial charge in [0, 0.05) is 17.1 Å². The van der Waals surface area contributed by atoms with E-state index in [4.69, 9.17) is 5.84 Å². The van der Waals surface area contributed by atoms with E-state index < -0.39 is 0 Å². The van der Waals surface area contributed by atoms with Gasteiger partial charge in [0.15, 0.2) is 0 Å². The predicted octanol–water partition coefficient (Wildman–Crippen LogP) is 1.30. The lowest BCUT2D eigenvalue weighted by Gasteiger charge is -2.00. The zero-order valence-electron chi connectivity index (χ0n) is 7.50. The molecule has 0 fully saturated rings. The standard InChI is InChI=1S/C9H11FN2OS/c10-7-2-1-3-8(6-7)14-5-4-9(13)12-11/h1-3,6H,4-5,11H2,(H,12,13). The smallest absolute Gasteiger partial charge is 0.234 e. The molecule has 0 spiro atoms. The molecular formula is C9H11FN2OS. The quantitative estimate of drug-likeness (QED) is 0.344. The number of thioether (sulfide) groups is 1. The molecule has 1 amide bonds. The number of hydrogen-bond donors (Lipinski definition) is 2. The fraction of sp³-hybridized carbons (Fsp3) is 0.222. The van der Waals surface area contributed by atoms with Crippen LogP contribution in [0.5, 0.6) is 0 Å². The number of benzene rings is 1. The van der Waals surface area contributed by atoms with E-state index in [0.717, 1.165) is 4.90 Å². The fourth-order valence-electron chi connectivity index (χ4n) is 0.891. The number of carbonyl (C=O) groups excluding carboxylic acids is 1. The minimum Gasteiger partial charge on any atom is -0.294 e. The third-order valence-corrected chi connectivity index (χ3v) is 2.55. The van der Waals surface area contributed by atoms with Crippen LogP contribution in [-0.2, 0) is 4.79 Å². The normalized spacial score (nSPS) is 9.86. The monoisotopic (exact) mass is 214 g/mol. The van der Waals surface area contributed by atoms with Gasteiger partial charge in [-0.25, -0.2) is 10.2 Å². The van der Waals surface area contributed by atoms with Gasteiger partial charge in [0.05, 0.1) is 0 Å². The van der Waals surface area contributed by atoms with Gasteiger partial charge in [-0.15, -0.1) is 11.8 Å². The van der Waals surface area contributed by atoms with Crippen LogP contribution >= 0.6 is 11.8 Å². The summed E-state index contributed by atoms with van der Waals surface area (Å²) in [6, 6.07) is 6.26. The first-order valence-electron chi connectivity index (χ1n) is 4.10. The molecule has 1 rings (SSSR count). The maximum Gasteiger partial charge on any atom is 0.234 e. The van der Waals surface area contributed by atoms with Crippen LogP contribution in [-0.4, -0.2) is 11.7 Å². The number of hydrogen-bond acceptors (Lipinski definition) is 3. The van der Waals surface area contributed by atoms with Gasteiger partial charge in [0.25, 0.3) is 0 Å². The molecule has 76 valence electrons. The lowest BCUT2D eigenvalue weighted by Crippen LogP contribution is -2.30. The average Bonchev–Trinajstić information content (AvgIpc) is 2.17. The van der Waals surface area contributed by atoms with E-state index in [1.54, 1.807) is 12.1 Å². The molecule has 0 saturated heterocycles. The Kier molecular flexibility index (Phi) is 4.42. The van der Waals surface area contributed by atoms with Crippen molar-refractivity contribution in [1.82, 2.24) is 5.43 Å². The SMILES string of the molecule is NNC(=O)CCSc1cccc(F)c1. The number of amides is 1. The van der Waals surface area contributed by atoms with E-state index in [0.29, 0.717) is 12.2 Å². The molecule has 3 nitrogen and oxygen atoms in total. The largest absolute Gasteiger partial charge is 0.294 e. The molecule has 0 saturated carbocycles. The molecule has 0 radical (unpaired) electrons. The Labute approximate surface area is 85.8 Å². The van der Waals surface area contributed by atoms with Crippen LogP contribution in [0, 0.1) is 5.82 Å². The van der Waals surface area contributed by atoms with Crippen molar-refractivity contribution in [3.8, 4) is 0 Å². The Morgan fingerprint density at radius 1 is 1.57 bits per heavy atom. The summed E-state index contributed by atoms with van der Waals surface area (Å²) < 4.78 is 12.7. The van der Waals surface area contributed by atoms with Crippen LogP contribution in [0.3, 0.4) is 0 Å². The molecule has 0 bridgehead atoms. The van der Waals surface area contributed by atoms with Crippen molar-refractivity contribution in [2.45, 2.75) is 11.3 Å². The van der Waals surface area contributed by atoms with Gasteiger partial charge in [-0.3, -0.25) is 10.2 Å². The fourth-order valence-corrected chi connectivity index (χ4v) is 1.78. The molecule has 1 aromatic rings. The van der Waals surface area contributed by atoms with E-state index in [1.165, 1.54) is 23.9 Å². The van der Waals surface area contributed by atoms with Crippen molar-refractivity contribution in [3.63, 3.8) is 0 Å². The molecule has 0 unspecified atom stereocenters. The first kappa shape index (κ1) is 11.0. The highest BCUT2D eigenvalue weighted by Gasteiger charge is 2.00. The van der Waals surface area contributed by atoms with Crippen molar-refractivity contribution in [2.24, 2.45) is 5.84 Å². The maximum absolute atomic E-state index is 12.7. The molecule has 0 aliphatic rings. The predicted molar refractivity (Wildman–Crippen MR) is 54.1 cm³/mol. The van der Waals surface area contributed by atoms with Crippen LogP contribution < -0.4 is 11.3 Å². The van der Waals surface area contributed by atoms with Crippen molar-refractivity contribution >= 4 is 17.7 Å². The molecule has 0 heterocycles. The Hall–Kier alpha value is -1.07. The van der Waals surface area contributed by atoms with Gasteiger partial charge in [-0.1, -0.05) is 6.07 Å². The van der Waals surface area contributed by atoms with Gasteiger partial charge >= 0.3 is 0 Å². The number of nitrogens with two attached hydrogens (primary N) is 1.